The molecule has 3 aromatic rings. The van der Waals surface area contributed by atoms with Crippen LogP contribution in [0.15, 0.2) is 74.6 Å². The normalized spacial score (nSPS) is 18.9. The summed E-state index contributed by atoms with van der Waals surface area (Å²) in [6.45, 7) is 1.19. The first kappa shape index (κ1) is 17.6. The van der Waals surface area contributed by atoms with Crippen molar-refractivity contribution in [3.05, 3.63) is 70.8 Å². The number of amides is 1. The van der Waals surface area contributed by atoms with Crippen LogP contribution in [0.3, 0.4) is 0 Å². The number of thiophene rings is 1. The van der Waals surface area contributed by atoms with Gasteiger partial charge in [0.2, 0.25) is 0 Å². The van der Waals surface area contributed by atoms with Gasteiger partial charge in [-0.05, 0) is 35.7 Å². The van der Waals surface area contributed by atoms with Crippen LogP contribution >= 0.6 is 23.1 Å². The third-order valence-electron chi connectivity index (χ3n) is 4.99. The molecule has 5 nitrogen and oxygen atoms in total. The maximum absolute atomic E-state index is 13.3. The molecule has 5 rings (SSSR count). The molecule has 0 bridgehead atoms. The van der Waals surface area contributed by atoms with Crippen molar-refractivity contribution in [3.8, 4) is 0 Å². The number of nitrogens with zero attached hydrogens (tertiary/aromatic N) is 3. The largest absolute Gasteiger partial charge is 0.463 e. The van der Waals surface area contributed by atoms with E-state index in [2.05, 4.69) is 28.2 Å². The van der Waals surface area contributed by atoms with Crippen LogP contribution in [-0.4, -0.2) is 35.5 Å². The van der Waals surface area contributed by atoms with E-state index in [9.17, 15) is 4.79 Å². The SMILES string of the molecule is O=C(CN1CCSc2ccccc21)N1N=C(c2ccco2)C[C@@H]1c1cccs1. The Balaban J connectivity index is 1.42. The number of benzene rings is 1. The second kappa shape index (κ2) is 7.48. The summed E-state index contributed by atoms with van der Waals surface area (Å²) in [5, 5.41) is 8.37. The first-order valence-electron chi connectivity index (χ1n) is 9.23. The Labute approximate surface area is 171 Å². The molecule has 0 radical (unpaired) electrons. The van der Waals surface area contributed by atoms with Gasteiger partial charge in [-0.2, -0.15) is 5.10 Å². The highest BCUT2D eigenvalue weighted by Crippen LogP contribution is 2.37. The lowest BCUT2D eigenvalue weighted by Gasteiger charge is -2.32. The molecule has 0 saturated carbocycles. The van der Waals surface area contributed by atoms with Gasteiger partial charge in [0.05, 0.1) is 24.5 Å². The molecular formula is C21H19N3O2S2. The molecule has 0 spiro atoms. The average molecular weight is 410 g/mol. The number of anilines is 1. The van der Waals surface area contributed by atoms with Crippen molar-refractivity contribution < 1.29 is 9.21 Å². The zero-order valence-electron chi connectivity index (χ0n) is 15.2. The highest BCUT2D eigenvalue weighted by Gasteiger charge is 2.35. The fraction of sp³-hybridized carbons (Fsp3) is 0.238. The van der Waals surface area contributed by atoms with Gasteiger partial charge in [0.15, 0.2) is 0 Å². The lowest BCUT2D eigenvalue weighted by molar-refractivity contribution is -0.131. The number of thioether (sulfide) groups is 1. The zero-order valence-corrected chi connectivity index (χ0v) is 16.8. The van der Waals surface area contributed by atoms with E-state index in [0.29, 0.717) is 13.0 Å². The number of fused-ring (bicyclic) bond motifs is 1. The zero-order chi connectivity index (χ0) is 18.9. The number of furan rings is 1. The smallest absolute Gasteiger partial charge is 0.262 e. The summed E-state index contributed by atoms with van der Waals surface area (Å²) in [5.41, 5.74) is 1.96. The van der Waals surface area contributed by atoms with Gasteiger partial charge in [0, 0.05) is 28.5 Å². The molecule has 0 unspecified atom stereocenters. The maximum Gasteiger partial charge on any atom is 0.262 e. The van der Waals surface area contributed by atoms with E-state index in [-0.39, 0.29) is 11.9 Å². The number of para-hydroxylation sites is 1. The Morgan fingerprint density at radius 2 is 2.11 bits per heavy atom. The van der Waals surface area contributed by atoms with Crippen LogP contribution in [0, 0.1) is 0 Å². The summed E-state index contributed by atoms with van der Waals surface area (Å²) in [6.07, 6.45) is 2.32. The van der Waals surface area contributed by atoms with Gasteiger partial charge in [-0.1, -0.05) is 18.2 Å². The lowest BCUT2D eigenvalue weighted by Crippen LogP contribution is -2.40. The number of rotatable bonds is 4. The summed E-state index contributed by atoms with van der Waals surface area (Å²) in [5.74, 6) is 1.73. The number of hydrogen-bond acceptors (Lipinski definition) is 6. The summed E-state index contributed by atoms with van der Waals surface area (Å²) in [7, 11) is 0. The predicted octanol–water partition coefficient (Wildman–Crippen LogP) is 4.63. The maximum atomic E-state index is 13.3. The monoisotopic (exact) mass is 409 g/mol. The molecule has 2 aliphatic rings. The molecule has 1 amide bonds. The Bertz CT molecular complexity index is 999. The molecule has 1 aromatic carbocycles. The number of carbonyl (C=O) groups is 1. The second-order valence-electron chi connectivity index (χ2n) is 6.74. The van der Waals surface area contributed by atoms with Gasteiger partial charge in [0.1, 0.15) is 11.5 Å². The fourth-order valence-electron chi connectivity index (χ4n) is 3.66. The quantitative estimate of drug-likeness (QED) is 0.630. The van der Waals surface area contributed by atoms with Crippen molar-refractivity contribution in [1.29, 1.82) is 0 Å². The third-order valence-corrected chi connectivity index (χ3v) is 7.01. The first-order valence-corrected chi connectivity index (χ1v) is 11.1. The van der Waals surface area contributed by atoms with Crippen LogP contribution in [0.25, 0.3) is 0 Å². The molecule has 0 N–H and O–H groups in total. The van der Waals surface area contributed by atoms with Crippen molar-refractivity contribution in [1.82, 2.24) is 5.01 Å². The van der Waals surface area contributed by atoms with Crippen molar-refractivity contribution in [2.45, 2.75) is 17.4 Å². The van der Waals surface area contributed by atoms with Crippen molar-refractivity contribution >= 4 is 40.4 Å². The van der Waals surface area contributed by atoms with E-state index in [1.165, 1.54) is 4.90 Å². The summed E-state index contributed by atoms with van der Waals surface area (Å²) < 4.78 is 5.53. The van der Waals surface area contributed by atoms with Crippen LogP contribution in [-0.2, 0) is 4.79 Å². The highest BCUT2D eigenvalue weighted by molar-refractivity contribution is 7.99. The minimum absolute atomic E-state index is 0.0154. The molecule has 7 heteroatoms. The summed E-state index contributed by atoms with van der Waals surface area (Å²) in [4.78, 5) is 17.8. The van der Waals surface area contributed by atoms with Crippen molar-refractivity contribution in [3.63, 3.8) is 0 Å². The standard InChI is InChI=1S/C21H19N3O2S2/c25-21(14-23-9-12-28-19-7-2-1-5-16(19)23)24-17(20-8-4-11-27-20)13-15(22-24)18-6-3-10-26-18/h1-8,10-11,17H,9,12-14H2/t17-/m1/s1. The van der Waals surface area contributed by atoms with E-state index in [1.807, 2.05) is 47.5 Å². The minimum Gasteiger partial charge on any atom is -0.463 e. The molecule has 2 aliphatic heterocycles. The summed E-state index contributed by atoms with van der Waals surface area (Å²) >= 11 is 3.50. The molecule has 142 valence electrons. The molecule has 0 fully saturated rings. The van der Waals surface area contributed by atoms with E-state index >= 15 is 0 Å². The minimum atomic E-state index is -0.0676. The topological polar surface area (TPSA) is 49.1 Å². The molecule has 4 heterocycles. The first-order chi connectivity index (χ1) is 13.8. The van der Waals surface area contributed by atoms with Crippen molar-refractivity contribution in [2.75, 3.05) is 23.7 Å². The average Bonchev–Trinajstić information content (AvgIpc) is 3.49. The highest BCUT2D eigenvalue weighted by atomic mass is 32.2. The van der Waals surface area contributed by atoms with Crippen LogP contribution in [0.1, 0.15) is 23.1 Å². The van der Waals surface area contributed by atoms with Crippen LogP contribution in [0.5, 0.6) is 0 Å². The van der Waals surface area contributed by atoms with Crippen LogP contribution < -0.4 is 4.90 Å². The van der Waals surface area contributed by atoms with E-state index < -0.39 is 0 Å². The summed E-state index contributed by atoms with van der Waals surface area (Å²) in [6, 6.07) is 16.1. The van der Waals surface area contributed by atoms with Crippen LogP contribution in [0.2, 0.25) is 0 Å². The van der Waals surface area contributed by atoms with E-state index in [0.717, 1.165) is 34.3 Å². The van der Waals surface area contributed by atoms with Gasteiger partial charge in [0.25, 0.3) is 5.91 Å². The second-order valence-corrected chi connectivity index (χ2v) is 8.85. The molecule has 0 aliphatic carbocycles. The Morgan fingerprint density at radius 1 is 1.18 bits per heavy atom. The Morgan fingerprint density at radius 3 is 2.93 bits per heavy atom. The van der Waals surface area contributed by atoms with Gasteiger partial charge in [-0.15, -0.1) is 23.1 Å². The third kappa shape index (κ3) is 3.25. The van der Waals surface area contributed by atoms with E-state index in [4.69, 9.17) is 4.42 Å². The Kier molecular flexibility index (Phi) is 4.70. The van der Waals surface area contributed by atoms with Gasteiger partial charge < -0.3 is 9.32 Å². The number of hydrogen-bond donors (Lipinski definition) is 0. The Hall–Kier alpha value is -2.51. The van der Waals surface area contributed by atoms with Gasteiger partial charge in [-0.25, -0.2) is 5.01 Å². The van der Waals surface area contributed by atoms with Gasteiger partial charge in [-0.3, -0.25) is 4.79 Å². The molecule has 1 atom stereocenters. The van der Waals surface area contributed by atoms with E-state index in [1.54, 1.807) is 22.6 Å². The molecule has 28 heavy (non-hydrogen) atoms. The fourth-order valence-corrected chi connectivity index (χ4v) is 5.52. The number of carbonyl (C=O) groups excluding carboxylic acids is 1. The number of hydrazone groups is 1. The molecule has 0 saturated heterocycles. The van der Waals surface area contributed by atoms with Gasteiger partial charge >= 0.3 is 0 Å². The molecular weight excluding hydrogens is 390 g/mol. The van der Waals surface area contributed by atoms with Crippen molar-refractivity contribution in [2.24, 2.45) is 5.10 Å². The molecule has 2 aromatic heterocycles. The predicted molar refractivity (Wildman–Crippen MR) is 113 cm³/mol. The van der Waals surface area contributed by atoms with Crippen LogP contribution in [0.4, 0.5) is 5.69 Å². The lowest BCUT2D eigenvalue weighted by atomic mass is 10.1.